The van der Waals surface area contributed by atoms with E-state index in [1.165, 1.54) is 18.3 Å². The maximum absolute atomic E-state index is 14.1. The minimum Gasteiger partial charge on any atom is -0.302 e. The molecule has 0 bridgehead atoms. The molecule has 1 saturated heterocycles. The second-order valence-electron chi connectivity index (χ2n) is 5.32. The Labute approximate surface area is 148 Å². The number of hydrogen-bond donors (Lipinski definition) is 1. The van der Waals surface area contributed by atoms with Gasteiger partial charge in [0.05, 0.1) is 4.88 Å². The lowest BCUT2D eigenvalue weighted by atomic mass is 10.1. The molecule has 24 heavy (non-hydrogen) atoms. The molecule has 2 amide bonds. The van der Waals surface area contributed by atoms with Crippen LogP contribution in [-0.4, -0.2) is 33.5 Å². The first-order chi connectivity index (χ1) is 11.3. The normalized spacial score (nSPS) is 17.7. The van der Waals surface area contributed by atoms with Gasteiger partial charge in [-0.05, 0) is 46.6 Å². The van der Waals surface area contributed by atoms with E-state index in [-0.39, 0.29) is 0 Å². The zero-order chi connectivity index (χ0) is 17.6. The maximum atomic E-state index is 14.1. The minimum atomic E-state index is -1.12. The van der Waals surface area contributed by atoms with Gasteiger partial charge in [0.2, 0.25) is 0 Å². The van der Waals surface area contributed by atoms with Crippen LogP contribution in [0, 0.1) is 18.6 Å². The number of carbonyl (C=O) groups excluding carboxylic acids is 2. The zero-order valence-corrected chi connectivity index (χ0v) is 14.7. The number of nitrogens with zero attached hydrogens (tertiary/aromatic N) is 2. The lowest BCUT2D eigenvalue weighted by Gasteiger charge is -2.25. The van der Waals surface area contributed by atoms with Crippen molar-refractivity contribution in [2.75, 3.05) is 6.54 Å². The smallest absolute Gasteiger partial charge is 0.268 e. The van der Waals surface area contributed by atoms with E-state index in [0.29, 0.717) is 20.0 Å². The van der Waals surface area contributed by atoms with E-state index in [0.717, 1.165) is 17.0 Å². The standard InChI is InChI=1S/C15H11BrF2N2O3S/c1-7-2-9(17)13(10(18)3-7)15(22)19-5-12(21)20(23)14(19)11-4-8(16)6-24-11/h2-4,6,14,23H,5H2,1H3. The SMILES string of the molecule is Cc1cc(F)c(C(=O)N2CC(=O)N(O)C2c2cc(Br)cs2)c(F)c1. The van der Waals surface area contributed by atoms with Crippen molar-refractivity contribution in [1.82, 2.24) is 9.96 Å². The largest absolute Gasteiger partial charge is 0.302 e. The maximum Gasteiger partial charge on any atom is 0.268 e. The topological polar surface area (TPSA) is 60.9 Å². The van der Waals surface area contributed by atoms with Gasteiger partial charge in [0.1, 0.15) is 23.7 Å². The van der Waals surface area contributed by atoms with Gasteiger partial charge in [0, 0.05) is 9.85 Å². The Hall–Kier alpha value is -1.84. The summed E-state index contributed by atoms with van der Waals surface area (Å²) in [6.45, 7) is 1.03. The predicted octanol–water partition coefficient (Wildman–Crippen LogP) is 3.47. The van der Waals surface area contributed by atoms with Crippen molar-refractivity contribution in [3.63, 3.8) is 0 Å². The van der Waals surface area contributed by atoms with Gasteiger partial charge in [-0.2, -0.15) is 5.06 Å². The number of rotatable bonds is 2. The van der Waals surface area contributed by atoms with Crippen LogP contribution in [0.25, 0.3) is 0 Å². The van der Waals surface area contributed by atoms with Crippen molar-refractivity contribution in [2.24, 2.45) is 0 Å². The first-order valence-corrected chi connectivity index (χ1v) is 8.48. The minimum absolute atomic E-state index is 0.335. The van der Waals surface area contributed by atoms with Gasteiger partial charge in [-0.15, -0.1) is 11.3 Å². The Morgan fingerprint density at radius 3 is 2.50 bits per heavy atom. The average Bonchev–Trinajstić information content (AvgIpc) is 3.02. The molecule has 3 rings (SSSR count). The summed E-state index contributed by atoms with van der Waals surface area (Å²) in [7, 11) is 0. The van der Waals surface area contributed by atoms with Gasteiger partial charge in [-0.25, -0.2) is 8.78 Å². The second kappa shape index (κ2) is 6.23. The average molecular weight is 417 g/mol. The molecule has 126 valence electrons. The van der Waals surface area contributed by atoms with E-state index in [1.54, 1.807) is 11.4 Å². The van der Waals surface area contributed by atoms with Crippen LogP contribution in [0.2, 0.25) is 0 Å². The molecular formula is C15H11BrF2N2O3S. The molecule has 0 saturated carbocycles. The molecule has 1 aliphatic rings. The van der Waals surface area contributed by atoms with Crippen molar-refractivity contribution in [3.05, 3.63) is 55.7 Å². The summed E-state index contributed by atoms with van der Waals surface area (Å²) in [5.74, 6) is -3.74. The number of aryl methyl sites for hydroxylation is 1. The number of carbonyl (C=O) groups is 2. The fourth-order valence-electron chi connectivity index (χ4n) is 2.54. The fourth-order valence-corrected chi connectivity index (χ4v) is 4.08. The molecule has 1 N–H and O–H groups in total. The van der Waals surface area contributed by atoms with Crippen LogP contribution in [0.1, 0.15) is 27.0 Å². The van der Waals surface area contributed by atoms with Gasteiger partial charge in [0.25, 0.3) is 11.8 Å². The van der Waals surface area contributed by atoms with E-state index < -0.39 is 41.7 Å². The van der Waals surface area contributed by atoms with Crippen molar-refractivity contribution in [1.29, 1.82) is 0 Å². The Kier molecular flexibility index (Phi) is 4.41. The molecular weight excluding hydrogens is 406 g/mol. The van der Waals surface area contributed by atoms with Gasteiger partial charge in [-0.1, -0.05) is 0 Å². The van der Waals surface area contributed by atoms with Crippen LogP contribution in [0.5, 0.6) is 0 Å². The number of hydrogen-bond acceptors (Lipinski definition) is 4. The second-order valence-corrected chi connectivity index (χ2v) is 7.17. The van der Waals surface area contributed by atoms with Crippen LogP contribution in [-0.2, 0) is 4.79 Å². The molecule has 1 aromatic carbocycles. The van der Waals surface area contributed by atoms with Gasteiger partial charge in [0.15, 0.2) is 6.17 Å². The predicted molar refractivity (Wildman–Crippen MR) is 85.5 cm³/mol. The monoisotopic (exact) mass is 416 g/mol. The summed E-state index contributed by atoms with van der Waals surface area (Å²) < 4.78 is 28.9. The van der Waals surface area contributed by atoms with Gasteiger partial charge < -0.3 is 4.90 Å². The lowest BCUT2D eigenvalue weighted by Crippen LogP contribution is -2.35. The van der Waals surface area contributed by atoms with Crippen molar-refractivity contribution in [2.45, 2.75) is 13.1 Å². The Balaban J connectivity index is 2.03. The number of thiophene rings is 1. The quantitative estimate of drug-likeness (QED) is 0.762. The van der Waals surface area contributed by atoms with Crippen LogP contribution >= 0.6 is 27.3 Å². The highest BCUT2D eigenvalue weighted by Gasteiger charge is 2.43. The molecule has 0 radical (unpaired) electrons. The third-order valence-corrected chi connectivity index (χ3v) is 5.32. The van der Waals surface area contributed by atoms with E-state index in [2.05, 4.69) is 15.9 Å². The van der Waals surface area contributed by atoms with Crippen molar-refractivity contribution >= 4 is 39.1 Å². The molecule has 1 fully saturated rings. The fraction of sp³-hybridized carbons (Fsp3) is 0.200. The summed E-state index contributed by atoms with van der Waals surface area (Å²) in [6.07, 6.45) is -1.12. The highest BCUT2D eigenvalue weighted by Crippen LogP contribution is 2.36. The van der Waals surface area contributed by atoms with Gasteiger partial charge in [-0.3, -0.25) is 14.8 Å². The zero-order valence-electron chi connectivity index (χ0n) is 12.3. The number of amides is 2. The van der Waals surface area contributed by atoms with E-state index in [4.69, 9.17) is 0 Å². The summed E-state index contributed by atoms with van der Waals surface area (Å²) in [6, 6.07) is 3.71. The summed E-state index contributed by atoms with van der Waals surface area (Å²) in [5.41, 5.74) is -0.411. The van der Waals surface area contributed by atoms with E-state index >= 15 is 0 Å². The third kappa shape index (κ3) is 2.83. The first kappa shape index (κ1) is 17.0. The molecule has 1 aromatic heterocycles. The molecule has 2 heterocycles. The molecule has 1 unspecified atom stereocenters. The van der Waals surface area contributed by atoms with Crippen LogP contribution in [0.15, 0.2) is 28.1 Å². The highest BCUT2D eigenvalue weighted by molar-refractivity contribution is 9.10. The van der Waals surface area contributed by atoms with Crippen LogP contribution in [0.4, 0.5) is 8.78 Å². The lowest BCUT2D eigenvalue weighted by molar-refractivity contribution is -0.168. The first-order valence-electron chi connectivity index (χ1n) is 6.81. The molecule has 5 nitrogen and oxygen atoms in total. The third-order valence-electron chi connectivity index (χ3n) is 3.59. The number of benzene rings is 1. The number of hydroxylamine groups is 2. The summed E-state index contributed by atoms with van der Waals surface area (Å²) in [4.78, 5) is 25.9. The summed E-state index contributed by atoms with van der Waals surface area (Å²) >= 11 is 4.45. The van der Waals surface area contributed by atoms with Crippen molar-refractivity contribution in [3.8, 4) is 0 Å². The number of halogens is 3. The van der Waals surface area contributed by atoms with Crippen molar-refractivity contribution < 1.29 is 23.6 Å². The summed E-state index contributed by atoms with van der Waals surface area (Å²) in [5, 5.41) is 12.1. The Morgan fingerprint density at radius 2 is 1.96 bits per heavy atom. The molecule has 0 spiro atoms. The highest BCUT2D eigenvalue weighted by atomic mass is 79.9. The van der Waals surface area contributed by atoms with Crippen LogP contribution in [0.3, 0.4) is 0 Å². The Morgan fingerprint density at radius 1 is 1.33 bits per heavy atom. The molecule has 9 heteroatoms. The van der Waals surface area contributed by atoms with Gasteiger partial charge >= 0.3 is 0 Å². The Bertz CT molecular complexity index is 819. The van der Waals surface area contributed by atoms with E-state index in [9.17, 15) is 23.6 Å². The molecule has 1 atom stereocenters. The molecule has 2 aromatic rings. The van der Waals surface area contributed by atoms with Crippen LogP contribution < -0.4 is 0 Å². The molecule has 1 aliphatic heterocycles. The molecule has 0 aliphatic carbocycles. The van der Waals surface area contributed by atoms with E-state index in [1.807, 2.05) is 0 Å².